The SMILES string of the molecule is CCOc1ccc(N)cc1COCC1CCCCC1. The predicted molar refractivity (Wildman–Crippen MR) is 78.3 cm³/mol. The molecule has 0 spiro atoms. The molecule has 106 valence electrons. The maximum Gasteiger partial charge on any atom is 0.124 e. The normalized spacial score (nSPS) is 16.5. The second-order valence-electron chi connectivity index (χ2n) is 5.32. The average Bonchev–Trinajstić information content (AvgIpc) is 2.43. The molecule has 1 aromatic rings. The highest BCUT2D eigenvalue weighted by Gasteiger charge is 2.13. The van der Waals surface area contributed by atoms with Gasteiger partial charge in [-0.1, -0.05) is 19.3 Å². The third-order valence-electron chi connectivity index (χ3n) is 3.72. The van der Waals surface area contributed by atoms with E-state index >= 15 is 0 Å². The summed E-state index contributed by atoms with van der Waals surface area (Å²) in [7, 11) is 0. The lowest BCUT2D eigenvalue weighted by atomic mass is 9.90. The molecule has 1 aromatic carbocycles. The van der Waals surface area contributed by atoms with Crippen LogP contribution in [-0.2, 0) is 11.3 Å². The molecular weight excluding hydrogens is 238 g/mol. The molecule has 0 aromatic heterocycles. The van der Waals surface area contributed by atoms with Crippen LogP contribution in [0.25, 0.3) is 0 Å². The molecule has 1 aliphatic rings. The van der Waals surface area contributed by atoms with Gasteiger partial charge in [0.2, 0.25) is 0 Å². The van der Waals surface area contributed by atoms with Gasteiger partial charge in [-0.3, -0.25) is 0 Å². The van der Waals surface area contributed by atoms with Crippen molar-refractivity contribution in [3.8, 4) is 5.75 Å². The van der Waals surface area contributed by atoms with Gasteiger partial charge >= 0.3 is 0 Å². The van der Waals surface area contributed by atoms with E-state index in [0.717, 1.165) is 29.5 Å². The van der Waals surface area contributed by atoms with Gasteiger partial charge in [0, 0.05) is 17.9 Å². The van der Waals surface area contributed by atoms with Crippen molar-refractivity contribution in [2.24, 2.45) is 5.92 Å². The molecule has 0 bridgehead atoms. The molecule has 0 saturated heterocycles. The molecule has 1 saturated carbocycles. The molecule has 0 unspecified atom stereocenters. The molecule has 0 atom stereocenters. The third-order valence-corrected chi connectivity index (χ3v) is 3.72. The van der Waals surface area contributed by atoms with E-state index in [-0.39, 0.29) is 0 Å². The van der Waals surface area contributed by atoms with Crippen LogP contribution in [0.3, 0.4) is 0 Å². The predicted octanol–water partition coefficient (Wildman–Crippen LogP) is 3.76. The fraction of sp³-hybridized carbons (Fsp3) is 0.625. The Morgan fingerprint density at radius 2 is 2.00 bits per heavy atom. The summed E-state index contributed by atoms with van der Waals surface area (Å²) in [6.45, 7) is 4.11. The first-order valence-corrected chi connectivity index (χ1v) is 7.38. The van der Waals surface area contributed by atoms with Crippen LogP contribution in [0.4, 0.5) is 5.69 Å². The van der Waals surface area contributed by atoms with E-state index in [1.165, 1.54) is 32.1 Å². The number of anilines is 1. The van der Waals surface area contributed by atoms with Crippen molar-refractivity contribution in [3.05, 3.63) is 23.8 Å². The summed E-state index contributed by atoms with van der Waals surface area (Å²) in [4.78, 5) is 0. The summed E-state index contributed by atoms with van der Waals surface area (Å²) >= 11 is 0. The summed E-state index contributed by atoms with van der Waals surface area (Å²) in [5.74, 6) is 1.63. The van der Waals surface area contributed by atoms with Crippen LogP contribution in [0, 0.1) is 5.92 Å². The zero-order valence-corrected chi connectivity index (χ0v) is 11.9. The van der Waals surface area contributed by atoms with E-state index in [0.29, 0.717) is 13.2 Å². The lowest BCUT2D eigenvalue weighted by Crippen LogP contribution is -2.13. The van der Waals surface area contributed by atoms with Crippen molar-refractivity contribution in [1.29, 1.82) is 0 Å². The van der Waals surface area contributed by atoms with Gasteiger partial charge in [0.1, 0.15) is 5.75 Å². The molecule has 3 heteroatoms. The molecule has 3 nitrogen and oxygen atoms in total. The van der Waals surface area contributed by atoms with E-state index in [2.05, 4.69) is 0 Å². The molecule has 0 heterocycles. The van der Waals surface area contributed by atoms with Gasteiger partial charge in [-0.2, -0.15) is 0 Å². The summed E-state index contributed by atoms with van der Waals surface area (Å²) in [5, 5.41) is 0. The Kier molecular flexibility index (Phi) is 5.52. The second-order valence-corrected chi connectivity index (χ2v) is 5.32. The zero-order chi connectivity index (χ0) is 13.5. The number of nitrogen functional groups attached to an aromatic ring is 1. The van der Waals surface area contributed by atoms with Gasteiger partial charge < -0.3 is 15.2 Å². The summed E-state index contributed by atoms with van der Waals surface area (Å²) in [6.07, 6.45) is 6.73. The molecule has 2 N–H and O–H groups in total. The number of benzene rings is 1. The largest absolute Gasteiger partial charge is 0.494 e. The molecule has 2 rings (SSSR count). The minimum atomic E-state index is 0.594. The molecule has 0 aliphatic heterocycles. The van der Waals surface area contributed by atoms with Crippen LogP contribution in [0.15, 0.2) is 18.2 Å². The second kappa shape index (κ2) is 7.39. The lowest BCUT2D eigenvalue weighted by molar-refractivity contribution is 0.0725. The summed E-state index contributed by atoms with van der Waals surface area (Å²) in [5.41, 5.74) is 7.64. The first kappa shape index (κ1) is 14.2. The quantitative estimate of drug-likeness (QED) is 0.795. The van der Waals surface area contributed by atoms with E-state index in [1.807, 2.05) is 25.1 Å². The van der Waals surface area contributed by atoms with Crippen molar-refractivity contribution in [3.63, 3.8) is 0 Å². The molecule has 19 heavy (non-hydrogen) atoms. The minimum Gasteiger partial charge on any atom is -0.494 e. The number of hydrogen-bond acceptors (Lipinski definition) is 3. The van der Waals surface area contributed by atoms with Crippen LogP contribution >= 0.6 is 0 Å². The Balaban J connectivity index is 1.85. The Hall–Kier alpha value is -1.22. The summed E-state index contributed by atoms with van der Waals surface area (Å²) in [6, 6.07) is 5.75. The number of hydrogen-bond donors (Lipinski definition) is 1. The van der Waals surface area contributed by atoms with Crippen molar-refractivity contribution in [2.45, 2.75) is 45.6 Å². The first-order chi connectivity index (χ1) is 9.29. The number of rotatable bonds is 6. The Morgan fingerprint density at radius 3 is 2.74 bits per heavy atom. The third kappa shape index (κ3) is 4.43. The average molecular weight is 263 g/mol. The maximum absolute atomic E-state index is 5.87. The van der Waals surface area contributed by atoms with Crippen LogP contribution < -0.4 is 10.5 Å². The zero-order valence-electron chi connectivity index (χ0n) is 11.9. The highest BCUT2D eigenvalue weighted by atomic mass is 16.5. The molecule has 0 radical (unpaired) electrons. The van der Waals surface area contributed by atoms with E-state index in [9.17, 15) is 0 Å². The number of nitrogens with two attached hydrogens (primary N) is 1. The number of ether oxygens (including phenoxy) is 2. The van der Waals surface area contributed by atoms with Crippen molar-refractivity contribution in [2.75, 3.05) is 18.9 Å². The lowest BCUT2D eigenvalue weighted by Gasteiger charge is -2.21. The van der Waals surface area contributed by atoms with Crippen LogP contribution in [0.1, 0.15) is 44.6 Å². The van der Waals surface area contributed by atoms with Gasteiger partial charge in [-0.15, -0.1) is 0 Å². The Labute approximate surface area is 116 Å². The van der Waals surface area contributed by atoms with Crippen LogP contribution in [-0.4, -0.2) is 13.2 Å². The van der Waals surface area contributed by atoms with Gasteiger partial charge in [-0.25, -0.2) is 0 Å². The minimum absolute atomic E-state index is 0.594. The van der Waals surface area contributed by atoms with Gasteiger partial charge in [0.15, 0.2) is 0 Å². The van der Waals surface area contributed by atoms with Crippen molar-refractivity contribution >= 4 is 5.69 Å². The molecule has 1 fully saturated rings. The topological polar surface area (TPSA) is 44.5 Å². The first-order valence-electron chi connectivity index (χ1n) is 7.38. The molecular formula is C16H25NO2. The fourth-order valence-corrected chi connectivity index (χ4v) is 2.70. The van der Waals surface area contributed by atoms with Gasteiger partial charge in [0.25, 0.3) is 0 Å². The molecule has 1 aliphatic carbocycles. The van der Waals surface area contributed by atoms with Crippen molar-refractivity contribution < 1.29 is 9.47 Å². The Morgan fingerprint density at radius 1 is 1.21 bits per heavy atom. The monoisotopic (exact) mass is 263 g/mol. The van der Waals surface area contributed by atoms with Gasteiger partial charge in [0.05, 0.1) is 13.2 Å². The van der Waals surface area contributed by atoms with Crippen LogP contribution in [0.5, 0.6) is 5.75 Å². The van der Waals surface area contributed by atoms with E-state index in [1.54, 1.807) is 0 Å². The maximum atomic E-state index is 5.87. The smallest absolute Gasteiger partial charge is 0.124 e. The van der Waals surface area contributed by atoms with E-state index < -0.39 is 0 Å². The highest BCUT2D eigenvalue weighted by molar-refractivity contribution is 5.47. The fourth-order valence-electron chi connectivity index (χ4n) is 2.70. The van der Waals surface area contributed by atoms with E-state index in [4.69, 9.17) is 15.2 Å². The standard InChI is InChI=1S/C16H25NO2/c1-2-19-16-9-8-15(17)10-14(16)12-18-11-13-6-4-3-5-7-13/h8-10,13H,2-7,11-12,17H2,1H3. The van der Waals surface area contributed by atoms with Crippen LogP contribution in [0.2, 0.25) is 0 Å². The van der Waals surface area contributed by atoms with Gasteiger partial charge in [-0.05, 0) is 43.9 Å². The summed E-state index contributed by atoms with van der Waals surface area (Å²) < 4.78 is 11.5. The highest BCUT2D eigenvalue weighted by Crippen LogP contribution is 2.26. The Bertz CT molecular complexity index is 386. The van der Waals surface area contributed by atoms with Crippen molar-refractivity contribution in [1.82, 2.24) is 0 Å². The molecule has 0 amide bonds.